The van der Waals surface area contributed by atoms with Crippen molar-refractivity contribution in [3.63, 3.8) is 0 Å². The van der Waals surface area contributed by atoms with Crippen LogP contribution in [-0.4, -0.2) is 54.8 Å². The predicted octanol–water partition coefficient (Wildman–Crippen LogP) is 0.0318. The molecule has 1 saturated heterocycles. The van der Waals surface area contributed by atoms with Gasteiger partial charge in [0.1, 0.15) is 0 Å². The summed E-state index contributed by atoms with van der Waals surface area (Å²) in [5.74, 6) is 0.235. The van der Waals surface area contributed by atoms with Crippen molar-refractivity contribution in [2.45, 2.75) is 25.4 Å². The Bertz CT molecular complexity index is 239. The summed E-state index contributed by atoms with van der Waals surface area (Å²) < 4.78 is 5.23. The van der Waals surface area contributed by atoms with Crippen molar-refractivity contribution < 1.29 is 9.84 Å². The van der Waals surface area contributed by atoms with Crippen LogP contribution in [0.25, 0.3) is 0 Å². The van der Waals surface area contributed by atoms with Gasteiger partial charge in [0.15, 0.2) is 0 Å². The average molecular weight is 229 g/mol. The van der Waals surface area contributed by atoms with E-state index in [9.17, 15) is 5.11 Å². The number of ether oxygens (including phenoxy) is 1. The minimum atomic E-state index is -0.635. The maximum atomic E-state index is 10.3. The lowest BCUT2D eigenvalue weighted by atomic mass is 9.93. The van der Waals surface area contributed by atoms with E-state index in [4.69, 9.17) is 15.9 Å². The molecule has 0 aliphatic carbocycles. The second-order valence-electron chi connectivity index (χ2n) is 4.89. The van der Waals surface area contributed by atoms with Gasteiger partial charge in [0, 0.05) is 45.1 Å². The van der Waals surface area contributed by atoms with Gasteiger partial charge in [-0.1, -0.05) is 6.92 Å². The van der Waals surface area contributed by atoms with Crippen molar-refractivity contribution in [2.24, 2.45) is 11.7 Å². The number of hydrogen-bond donors (Lipinski definition) is 3. The molecule has 4 N–H and O–H groups in total. The van der Waals surface area contributed by atoms with Crippen molar-refractivity contribution in [3.8, 4) is 0 Å². The second kappa shape index (κ2) is 5.61. The van der Waals surface area contributed by atoms with E-state index < -0.39 is 5.60 Å². The first-order valence-electron chi connectivity index (χ1n) is 5.75. The molecule has 1 atom stereocenters. The third-order valence-electron chi connectivity index (χ3n) is 3.10. The fourth-order valence-corrected chi connectivity index (χ4v) is 2.04. The summed E-state index contributed by atoms with van der Waals surface area (Å²) in [5, 5.41) is 17.6. The molecular formula is C11H23N3O2. The Balaban J connectivity index is 2.37. The van der Waals surface area contributed by atoms with E-state index in [1.54, 1.807) is 0 Å². The van der Waals surface area contributed by atoms with E-state index in [1.165, 1.54) is 0 Å². The number of amidine groups is 1. The van der Waals surface area contributed by atoms with Crippen LogP contribution in [0.4, 0.5) is 0 Å². The molecule has 1 rings (SSSR count). The van der Waals surface area contributed by atoms with Crippen LogP contribution < -0.4 is 5.73 Å². The van der Waals surface area contributed by atoms with Crippen molar-refractivity contribution in [1.29, 1.82) is 5.41 Å². The van der Waals surface area contributed by atoms with Crippen LogP contribution in [0, 0.1) is 11.3 Å². The second-order valence-corrected chi connectivity index (χ2v) is 4.89. The first kappa shape index (κ1) is 13.4. The normalized spacial score (nSPS) is 22.0. The van der Waals surface area contributed by atoms with Gasteiger partial charge in [0.2, 0.25) is 0 Å². The Morgan fingerprint density at radius 3 is 2.62 bits per heavy atom. The maximum Gasteiger partial charge on any atom is 0.0947 e. The molecule has 94 valence electrons. The predicted molar refractivity (Wildman–Crippen MR) is 63.6 cm³/mol. The lowest BCUT2D eigenvalue weighted by molar-refractivity contribution is -0.0773. The molecule has 16 heavy (non-hydrogen) atoms. The van der Waals surface area contributed by atoms with E-state index in [1.807, 2.05) is 18.9 Å². The number of hydrogen-bond acceptors (Lipinski definition) is 4. The molecule has 0 aromatic carbocycles. The number of likely N-dealkylation sites (N-methyl/N-ethyl adjacent to an activating group) is 1. The molecule has 0 aromatic rings. The number of nitrogens with zero attached hydrogens (tertiary/aromatic N) is 1. The molecule has 5 nitrogen and oxygen atoms in total. The Morgan fingerprint density at radius 2 is 2.12 bits per heavy atom. The van der Waals surface area contributed by atoms with Crippen molar-refractivity contribution in [3.05, 3.63) is 0 Å². The molecule has 0 bridgehead atoms. The van der Waals surface area contributed by atoms with Crippen LogP contribution in [0.5, 0.6) is 0 Å². The van der Waals surface area contributed by atoms with Crippen molar-refractivity contribution in [1.82, 2.24) is 4.90 Å². The first-order chi connectivity index (χ1) is 7.43. The highest BCUT2D eigenvalue weighted by molar-refractivity contribution is 5.79. The average Bonchev–Trinajstić information content (AvgIpc) is 2.17. The van der Waals surface area contributed by atoms with Gasteiger partial charge >= 0.3 is 0 Å². The molecular weight excluding hydrogens is 206 g/mol. The van der Waals surface area contributed by atoms with Gasteiger partial charge in [0.05, 0.1) is 11.4 Å². The van der Waals surface area contributed by atoms with Crippen LogP contribution in [0.1, 0.15) is 19.8 Å². The molecule has 0 saturated carbocycles. The highest BCUT2D eigenvalue weighted by Crippen LogP contribution is 2.21. The third-order valence-corrected chi connectivity index (χ3v) is 3.10. The van der Waals surface area contributed by atoms with Crippen LogP contribution >= 0.6 is 0 Å². The van der Waals surface area contributed by atoms with Crippen LogP contribution in [-0.2, 0) is 4.74 Å². The van der Waals surface area contributed by atoms with Crippen LogP contribution in [0.3, 0.4) is 0 Å². The smallest absolute Gasteiger partial charge is 0.0947 e. The summed E-state index contributed by atoms with van der Waals surface area (Å²) in [5.41, 5.74) is 4.79. The molecule has 0 amide bonds. The molecule has 1 unspecified atom stereocenters. The molecule has 1 heterocycles. The molecule has 1 aliphatic heterocycles. The molecule has 1 fully saturated rings. The lowest BCUT2D eigenvalue weighted by Gasteiger charge is -2.36. The summed E-state index contributed by atoms with van der Waals surface area (Å²) in [7, 11) is 1.95. The number of nitrogens with two attached hydrogens (primary N) is 1. The van der Waals surface area contributed by atoms with Gasteiger partial charge < -0.3 is 20.5 Å². The van der Waals surface area contributed by atoms with Gasteiger partial charge in [-0.3, -0.25) is 5.41 Å². The van der Waals surface area contributed by atoms with E-state index in [0.717, 1.165) is 0 Å². The lowest BCUT2D eigenvalue weighted by Crippen LogP contribution is -2.47. The number of aliphatic hydroxyl groups is 1. The highest BCUT2D eigenvalue weighted by Gasteiger charge is 2.31. The fourth-order valence-electron chi connectivity index (χ4n) is 2.04. The SMILES string of the molecule is CC(CN(C)CC1(O)CCOCC1)C(=N)N. The van der Waals surface area contributed by atoms with Crippen molar-refractivity contribution in [2.75, 3.05) is 33.4 Å². The summed E-state index contributed by atoms with van der Waals surface area (Å²) in [6.45, 7) is 4.51. The fraction of sp³-hybridized carbons (Fsp3) is 0.909. The molecule has 1 aliphatic rings. The molecule has 0 aromatic heterocycles. The Kier molecular flexibility index (Phi) is 4.70. The molecule has 5 heteroatoms. The van der Waals surface area contributed by atoms with E-state index >= 15 is 0 Å². The number of rotatable bonds is 5. The van der Waals surface area contributed by atoms with Crippen molar-refractivity contribution >= 4 is 5.84 Å². The Morgan fingerprint density at radius 1 is 1.56 bits per heavy atom. The highest BCUT2D eigenvalue weighted by atomic mass is 16.5. The quantitative estimate of drug-likeness (QED) is 0.459. The largest absolute Gasteiger partial charge is 0.388 e. The molecule has 0 radical (unpaired) electrons. The Labute approximate surface area is 97.1 Å². The van der Waals surface area contributed by atoms with E-state index in [0.29, 0.717) is 39.1 Å². The summed E-state index contributed by atoms with van der Waals surface area (Å²) in [6, 6.07) is 0. The summed E-state index contributed by atoms with van der Waals surface area (Å²) in [6.07, 6.45) is 1.37. The van der Waals surface area contributed by atoms with E-state index in [-0.39, 0.29) is 11.8 Å². The number of nitrogens with one attached hydrogen (secondary N) is 1. The summed E-state index contributed by atoms with van der Waals surface area (Å²) >= 11 is 0. The Hall–Kier alpha value is -0.650. The zero-order chi connectivity index (χ0) is 12.2. The van der Waals surface area contributed by atoms with Gasteiger partial charge in [-0.05, 0) is 7.05 Å². The minimum Gasteiger partial charge on any atom is -0.388 e. The monoisotopic (exact) mass is 229 g/mol. The van der Waals surface area contributed by atoms with Gasteiger partial charge in [-0.25, -0.2) is 0 Å². The van der Waals surface area contributed by atoms with Gasteiger partial charge in [-0.15, -0.1) is 0 Å². The zero-order valence-electron chi connectivity index (χ0n) is 10.2. The topological polar surface area (TPSA) is 82.6 Å². The maximum absolute atomic E-state index is 10.3. The van der Waals surface area contributed by atoms with E-state index in [2.05, 4.69) is 0 Å². The molecule has 0 spiro atoms. The van der Waals surface area contributed by atoms with Gasteiger partial charge in [0.25, 0.3) is 0 Å². The summed E-state index contributed by atoms with van der Waals surface area (Å²) in [4.78, 5) is 2.04. The minimum absolute atomic E-state index is 0.0356. The standard InChI is InChI=1S/C11H23N3O2/c1-9(10(12)13)7-14(2)8-11(15)3-5-16-6-4-11/h9,15H,3-8H2,1-2H3,(H3,12,13). The van der Waals surface area contributed by atoms with Gasteiger partial charge in [-0.2, -0.15) is 0 Å². The third kappa shape index (κ3) is 4.08. The zero-order valence-corrected chi connectivity index (χ0v) is 10.2. The van der Waals surface area contributed by atoms with Crippen LogP contribution in [0.15, 0.2) is 0 Å². The first-order valence-corrected chi connectivity index (χ1v) is 5.75. The van der Waals surface area contributed by atoms with Crippen LogP contribution in [0.2, 0.25) is 0 Å².